The third-order valence-electron chi connectivity index (χ3n) is 6.99. The van der Waals surface area contributed by atoms with Gasteiger partial charge in [0.15, 0.2) is 0 Å². The molecule has 1 unspecified atom stereocenters. The summed E-state index contributed by atoms with van der Waals surface area (Å²) < 4.78 is 17.4. The fraction of sp³-hybridized carbons (Fsp3) is 0.719. The molecule has 0 aromatic heterocycles. The molecule has 2 rings (SSSR count). The predicted octanol–water partition coefficient (Wildman–Crippen LogP) is 8.07. The van der Waals surface area contributed by atoms with E-state index in [1.165, 1.54) is 94.6 Å². The number of unbranched alkanes of at least 4 members (excludes halogenated alkanes) is 13. The minimum absolute atomic E-state index is 0.0221. The van der Waals surface area contributed by atoms with Gasteiger partial charge in [0, 0.05) is 33.0 Å². The standard InChI is InChI=1S/C32H54N2O3/c1-3-4-5-6-7-8-9-10-11-12-13-14-15-16-23-36-27-32(35-2)28-37-26-31-20-17-19-30(24-31)25-34-22-18-21-33-29-34/h17-21,24,29,32H,3-16,22-23,25-28H2,1-2H3. The molecule has 1 atom stereocenters. The zero-order chi connectivity index (χ0) is 26.2. The first-order valence-corrected chi connectivity index (χ1v) is 15.0. The molecular weight excluding hydrogens is 460 g/mol. The maximum Gasteiger partial charge on any atom is 0.104 e. The summed E-state index contributed by atoms with van der Waals surface area (Å²) in [5.41, 5.74) is 2.45. The zero-order valence-electron chi connectivity index (χ0n) is 23.9. The Labute approximate surface area is 227 Å². The molecule has 1 heterocycles. The minimum Gasteiger partial charge on any atom is -0.379 e. The van der Waals surface area contributed by atoms with Gasteiger partial charge in [0.2, 0.25) is 0 Å². The largest absolute Gasteiger partial charge is 0.379 e. The molecule has 0 N–H and O–H groups in total. The molecule has 1 aliphatic heterocycles. The number of methoxy groups -OCH3 is 1. The van der Waals surface area contributed by atoms with Crippen molar-refractivity contribution in [1.82, 2.24) is 4.90 Å². The molecule has 0 saturated heterocycles. The van der Waals surface area contributed by atoms with Crippen molar-refractivity contribution in [3.63, 3.8) is 0 Å². The van der Waals surface area contributed by atoms with Crippen LogP contribution in [0.5, 0.6) is 0 Å². The molecule has 5 nitrogen and oxygen atoms in total. The summed E-state index contributed by atoms with van der Waals surface area (Å²) in [6, 6.07) is 8.57. The van der Waals surface area contributed by atoms with E-state index in [0.29, 0.717) is 19.8 Å². The minimum atomic E-state index is -0.0221. The van der Waals surface area contributed by atoms with Gasteiger partial charge in [0.05, 0.1) is 26.2 Å². The third-order valence-corrected chi connectivity index (χ3v) is 6.99. The first-order chi connectivity index (χ1) is 18.3. The Balaban J connectivity index is 1.40. The third kappa shape index (κ3) is 16.7. The maximum atomic E-state index is 5.94. The number of rotatable bonds is 24. The number of hydrogen-bond acceptors (Lipinski definition) is 5. The van der Waals surface area contributed by atoms with Gasteiger partial charge in [-0.15, -0.1) is 0 Å². The Morgan fingerprint density at radius 2 is 1.43 bits per heavy atom. The number of benzene rings is 1. The van der Waals surface area contributed by atoms with Crippen LogP contribution < -0.4 is 0 Å². The molecule has 0 saturated carbocycles. The molecule has 0 fully saturated rings. The summed E-state index contributed by atoms with van der Waals surface area (Å²) in [5, 5.41) is 0. The van der Waals surface area contributed by atoms with Gasteiger partial charge in [-0.3, -0.25) is 0 Å². The SMILES string of the molecule is CCCCCCCCCCCCCCCCOCC(COCc1cccc(CN2C=NC=CC2)c1)OC. The smallest absolute Gasteiger partial charge is 0.104 e. The molecule has 210 valence electrons. The predicted molar refractivity (Wildman–Crippen MR) is 156 cm³/mol. The maximum absolute atomic E-state index is 5.94. The highest BCUT2D eigenvalue weighted by Crippen LogP contribution is 2.13. The fourth-order valence-electron chi connectivity index (χ4n) is 4.69. The molecular formula is C32H54N2O3. The zero-order valence-corrected chi connectivity index (χ0v) is 23.9. The molecule has 37 heavy (non-hydrogen) atoms. The van der Waals surface area contributed by atoms with Gasteiger partial charge in [-0.1, -0.05) is 115 Å². The number of ether oxygens (including phenoxy) is 3. The van der Waals surface area contributed by atoms with Crippen LogP contribution in [0.4, 0.5) is 0 Å². The first-order valence-electron chi connectivity index (χ1n) is 15.0. The summed E-state index contributed by atoms with van der Waals surface area (Å²) in [6.45, 7) is 6.58. The van der Waals surface area contributed by atoms with Crippen molar-refractivity contribution in [3.8, 4) is 0 Å². The van der Waals surface area contributed by atoms with Crippen LogP contribution in [0.15, 0.2) is 41.5 Å². The van der Waals surface area contributed by atoms with Gasteiger partial charge in [-0.2, -0.15) is 0 Å². The number of nitrogens with zero attached hydrogens (tertiary/aromatic N) is 2. The molecule has 1 aromatic carbocycles. The average Bonchev–Trinajstić information content (AvgIpc) is 2.92. The van der Waals surface area contributed by atoms with E-state index in [2.05, 4.69) is 47.2 Å². The lowest BCUT2D eigenvalue weighted by Crippen LogP contribution is -2.24. The summed E-state index contributed by atoms with van der Waals surface area (Å²) in [4.78, 5) is 6.39. The van der Waals surface area contributed by atoms with Gasteiger partial charge in [-0.25, -0.2) is 4.99 Å². The molecule has 0 bridgehead atoms. The van der Waals surface area contributed by atoms with E-state index >= 15 is 0 Å². The van der Waals surface area contributed by atoms with Crippen molar-refractivity contribution in [2.45, 2.75) is 116 Å². The highest BCUT2D eigenvalue weighted by atomic mass is 16.6. The molecule has 0 amide bonds. The van der Waals surface area contributed by atoms with E-state index in [-0.39, 0.29) is 6.10 Å². The number of aliphatic imine (C=N–C) groups is 1. The van der Waals surface area contributed by atoms with Gasteiger partial charge < -0.3 is 19.1 Å². The van der Waals surface area contributed by atoms with Crippen LogP contribution in [0, 0.1) is 0 Å². The normalized spacial score (nSPS) is 13.9. The van der Waals surface area contributed by atoms with E-state index < -0.39 is 0 Å². The second-order valence-electron chi connectivity index (χ2n) is 10.4. The highest BCUT2D eigenvalue weighted by Gasteiger charge is 2.09. The van der Waals surface area contributed by atoms with Crippen LogP contribution in [0.2, 0.25) is 0 Å². The Kier molecular flexibility index (Phi) is 19.0. The lowest BCUT2D eigenvalue weighted by atomic mass is 10.0. The summed E-state index contributed by atoms with van der Waals surface area (Å²) in [6.07, 6.45) is 25.1. The lowest BCUT2D eigenvalue weighted by molar-refractivity contribution is -0.0451. The monoisotopic (exact) mass is 514 g/mol. The van der Waals surface area contributed by atoms with E-state index in [4.69, 9.17) is 14.2 Å². The van der Waals surface area contributed by atoms with Crippen molar-refractivity contribution in [3.05, 3.63) is 47.7 Å². The molecule has 1 aliphatic rings. The molecule has 0 spiro atoms. The molecule has 0 aliphatic carbocycles. The van der Waals surface area contributed by atoms with Crippen molar-refractivity contribution < 1.29 is 14.2 Å². The Bertz CT molecular complexity index is 722. The second-order valence-corrected chi connectivity index (χ2v) is 10.4. The molecule has 5 heteroatoms. The topological polar surface area (TPSA) is 43.3 Å². The van der Waals surface area contributed by atoms with Gasteiger partial charge >= 0.3 is 0 Å². The van der Waals surface area contributed by atoms with Crippen molar-refractivity contribution in [1.29, 1.82) is 0 Å². The van der Waals surface area contributed by atoms with Crippen LogP contribution >= 0.6 is 0 Å². The summed E-state index contributed by atoms with van der Waals surface area (Å²) in [5.74, 6) is 0. The molecule has 1 aromatic rings. The van der Waals surface area contributed by atoms with E-state index in [1.807, 2.05) is 12.5 Å². The van der Waals surface area contributed by atoms with Crippen LogP contribution in [0.25, 0.3) is 0 Å². The van der Waals surface area contributed by atoms with Gasteiger partial charge in [0.1, 0.15) is 6.10 Å². The summed E-state index contributed by atoms with van der Waals surface area (Å²) >= 11 is 0. The fourth-order valence-corrected chi connectivity index (χ4v) is 4.69. The Morgan fingerprint density at radius 1 is 0.811 bits per heavy atom. The van der Waals surface area contributed by atoms with Crippen LogP contribution in [0.1, 0.15) is 108 Å². The Hall–Kier alpha value is -1.69. The average molecular weight is 515 g/mol. The van der Waals surface area contributed by atoms with Crippen molar-refractivity contribution >= 4 is 6.34 Å². The van der Waals surface area contributed by atoms with Crippen molar-refractivity contribution in [2.75, 3.05) is 33.5 Å². The summed E-state index contributed by atoms with van der Waals surface area (Å²) in [7, 11) is 1.74. The van der Waals surface area contributed by atoms with Gasteiger partial charge in [-0.05, 0) is 23.6 Å². The van der Waals surface area contributed by atoms with Crippen molar-refractivity contribution in [2.24, 2.45) is 4.99 Å². The van der Waals surface area contributed by atoms with E-state index in [1.54, 1.807) is 7.11 Å². The number of hydrogen-bond donors (Lipinski definition) is 0. The van der Waals surface area contributed by atoms with Crippen LogP contribution in [0.3, 0.4) is 0 Å². The Morgan fingerprint density at radius 3 is 2.05 bits per heavy atom. The van der Waals surface area contributed by atoms with Crippen LogP contribution in [-0.4, -0.2) is 50.8 Å². The lowest BCUT2D eigenvalue weighted by Gasteiger charge is -2.20. The highest BCUT2D eigenvalue weighted by molar-refractivity contribution is 5.57. The quantitative estimate of drug-likeness (QED) is 0.131. The first kappa shape index (κ1) is 31.5. The second kappa shape index (κ2) is 22.3. The van der Waals surface area contributed by atoms with Crippen LogP contribution in [-0.2, 0) is 27.4 Å². The van der Waals surface area contributed by atoms with E-state index in [9.17, 15) is 0 Å². The van der Waals surface area contributed by atoms with Gasteiger partial charge in [0.25, 0.3) is 0 Å². The molecule has 0 radical (unpaired) electrons. The van der Waals surface area contributed by atoms with E-state index in [0.717, 1.165) is 26.1 Å².